The van der Waals surface area contributed by atoms with Gasteiger partial charge in [0.25, 0.3) is 0 Å². The Morgan fingerprint density at radius 1 is 0.650 bits per heavy atom. The summed E-state index contributed by atoms with van der Waals surface area (Å²) >= 11 is 0. The third-order valence-corrected chi connectivity index (χ3v) is 17.3. The van der Waals surface area contributed by atoms with E-state index in [2.05, 4.69) is 87.6 Å². The Bertz CT molecular complexity index is 462. The van der Waals surface area contributed by atoms with E-state index >= 15 is 0 Å². The van der Waals surface area contributed by atoms with E-state index in [4.69, 9.17) is 0 Å². The number of rotatable bonds is 5. The summed E-state index contributed by atoms with van der Waals surface area (Å²) in [6.45, 7) is 10.0. The molecule has 0 spiro atoms. The summed E-state index contributed by atoms with van der Waals surface area (Å²) in [7, 11) is -1.41. The zero-order valence-electron chi connectivity index (χ0n) is 13.1. The monoisotopic (exact) mass is 298 g/mol. The summed E-state index contributed by atoms with van der Waals surface area (Å²) in [5.74, 6) is 0. The van der Waals surface area contributed by atoms with Gasteiger partial charge in [-0.25, -0.2) is 0 Å². The van der Waals surface area contributed by atoms with Crippen molar-refractivity contribution in [2.45, 2.75) is 38.0 Å². The Hall–Kier alpha value is -1.13. The first-order chi connectivity index (χ1) is 9.61. The highest BCUT2D eigenvalue weighted by Crippen LogP contribution is 2.30. The van der Waals surface area contributed by atoms with Crippen LogP contribution in [0.2, 0.25) is 13.1 Å². The molecule has 0 saturated carbocycles. The van der Waals surface area contributed by atoms with Gasteiger partial charge < -0.3 is 0 Å². The zero-order chi connectivity index (χ0) is 14.5. The third-order valence-electron chi connectivity index (χ3n) is 4.58. The van der Waals surface area contributed by atoms with Crippen molar-refractivity contribution in [1.29, 1.82) is 0 Å². The molecule has 0 fully saturated rings. The van der Waals surface area contributed by atoms with Crippen molar-refractivity contribution in [1.82, 2.24) is 0 Å². The van der Waals surface area contributed by atoms with E-state index in [-0.39, 0.29) is 0 Å². The molecular weight excluding hydrogens is 272 g/mol. The molecule has 2 unspecified atom stereocenters. The first-order valence-corrected chi connectivity index (χ1v) is 14.0. The molecule has 2 aromatic carbocycles. The van der Waals surface area contributed by atoms with Gasteiger partial charge in [0.2, 0.25) is 0 Å². The normalized spacial score (nSPS) is 15.8. The molecule has 2 aromatic rings. The molecular formula is C18H26Si2. The van der Waals surface area contributed by atoms with Gasteiger partial charge in [-0.15, -0.1) is 0 Å². The first-order valence-electron chi connectivity index (χ1n) is 7.71. The van der Waals surface area contributed by atoms with Crippen LogP contribution in [-0.4, -0.2) is 16.6 Å². The minimum Gasteiger partial charge on any atom is -0.0743 e. The largest absolute Gasteiger partial charge is 0.0743 e. The van der Waals surface area contributed by atoms with Crippen molar-refractivity contribution in [2.24, 2.45) is 0 Å². The molecule has 0 heterocycles. The maximum Gasteiger partial charge on any atom is 0.0435 e. The van der Waals surface area contributed by atoms with Crippen LogP contribution in [0.25, 0.3) is 0 Å². The second-order valence-corrected chi connectivity index (χ2v) is 18.2. The molecule has 0 aliphatic carbocycles. The van der Waals surface area contributed by atoms with Crippen molar-refractivity contribution >= 4 is 16.6 Å². The molecule has 0 amide bonds. The van der Waals surface area contributed by atoms with Gasteiger partial charge in [0.05, 0.1) is 0 Å². The fourth-order valence-electron chi connectivity index (χ4n) is 3.55. The van der Waals surface area contributed by atoms with Gasteiger partial charge in [0, 0.05) is 16.6 Å². The van der Waals surface area contributed by atoms with E-state index in [1.165, 1.54) is 0 Å². The van der Waals surface area contributed by atoms with Crippen LogP contribution in [0.5, 0.6) is 0 Å². The molecule has 20 heavy (non-hydrogen) atoms. The fraction of sp³-hybridized carbons (Fsp3) is 0.333. The average molecular weight is 299 g/mol. The van der Waals surface area contributed by atoms with Crippen molar-refractivity contribution in [3.63, 3.8) is 0 Å². The van der Waals surface area contributed by atoms with Gasteiger partial charge in [-0.05, 0) is 22.2 Å². The van der Waals surface area contributed by atoms with E-state index in [1.807, 2.05) is 0 Å². The Kier molecular flexibility index (Phi) is 5.38. The van der Waals surface area contributed by atoms with Crippen molar-refractivity contribution in [3.05, 3.63) is 71.8 Å². The Morgan fingerprint density at radius 2 is 1.00 bits per heavy atom. The first kappa shape index (κ1) is 15.3. The molecule has 0 nitrogen and oxygen atoms in total. The molecule has 2 heteroatoms. The molecule has 0 aliphatic heterocycles. The Labute approximate surface area is 126 Å². The number of hydrogen-bond donors (Lipinski definition) is 0. The van der Waals surface area contributed by atoms with Gasteiger partial charge >= 0.3 is 0 Å². The topological polar surface area (TPSA) is 0 Å². The van der Waals surface area contributed by atoms with E-state index in [0.717, 1.165) is 11.1 Å². The minimum absolute atomic E-state index is 0.602. The Balaban J connectivity index is 2.28. The fourth-order valence-corrected chi connectivity index (χ4v) is 16.3. The van der Waals surface area contributed by atoms with Crippen LogP contribution in [0.4, 0.5) is 0 Å². The molecule has 0 radical (unpaired) electrons. The maximum atomic E-state index is 2.55. The lowest BCUT2D eigenvalue weighted by molar-refractivity contribution is 0.962. The summed E-state index contributed by atoms with van der Waals surface area (Å²) in [5.41, 5.74) is 4.65. The molecule has 0 saturated heterocycles. The van der Waals surface area contributed by atoms with Crippen molar-refractivity contribution < 1.29 is 0 Å². The lowest BCUT2D eigenvalue weighted by Crippen LogP contribution is -2.41. The molecule has 2 atom stereocenters. The number of benzene rings is 2. The third kappa shape index (κ3) is 3.50. The van der Waals surface area contributed by atoms with Gasteiger partial charge in [-0.2, -0.15) is 0 Å². The number of hydrogen-bond acceptors (Lipinski definition) is 0. The summed E-state index contributed by atoms with van der Waals surface area (Å²) in [5, 5.41) is 0. The molecule has 0 aromatic heterocycles. The smallest absolute Gasteiger partial charge is 0.0435 e. The summed E-state index contributed by atoms with van der Waals surface area (Å²) in [6.07, 6.45) is 0. The SMILES string of the molecule is CC(c1ccccc1)[SiH](C(C)c1ccccc1)[SiH](C)C. The lowest BCUT2D eigenvalue weighted by Gasteiger charge is -2.31. The quantitative estimate of drug-likeness (QED) is 0.715. The molecule has 106 valence electrons. The standard InChI is InChI=1S/C18H26Si2/c1-15(17-11-7-5-8-12-17)20(19(3)4)16(2)18-13-9-6-10-14-18/h5-16,19-20H,1-4H3. The van der Waals surface area contributed by atoms with E-state index in [1.54, 1.807) is 11.1 Å². The highest BCUT2D eigenvalue weighted by molar-refractivity contribution is 7.22. The van der Waals surface area contributed by atoms with Crippen LogP contribution in [-0.2, 0) is 0 Å². The molecule has 0 N–H and O–H groups in total. The van der Waals surface area contributed by atoms with Crippen LogP contribution in [0.15, 0.2) is 60.7 Å². The summed E-state index contributed by atoms with van der Waals surface area (Å²) < 4.78 is 0. The van der Waals surface area contributed by atoms with Crippen molar-refractivity contribution in [3.8, 4) is 0 Å². The minimum atomic E-state index is -0.810. The summed E-state index contributed by atoms with van der Waals surface area (Å²) in [6, 6.07) is 22.3. The van der Waals surface area contributed by atoms with Crippen LogP contribution in [0.1, 0.15) is 36.1 Å². The van der Waals surface area contributed by atoms with Crippen LogP contribution in [0.3, 0.4) is 0 Å². The highest BCUT2D eigenvalue weighted by atomic mass is 29.2. The van der Waals surface area contributed by atoms with Gasteiger partial charge in [-0.3, -0.25) is 0 Å². The molecule has 0 bridgehead atoms. The van der Waals surface area contributed by atoms with E-state index < -0.39 is 16.6 Å². The molecule has 2 rings (SSSR count). The van der Waals surface area contributed by atoms with Gasteiger partial charge in [0.15, 0.2) is 0 Å². The van der Waals surface area contributed by atoms with E-state index in [9.17, 15) is 0 Å². The predicted octanol–water partition coefficient (Wildman–Crippen LogP) is 4.46. The highest BCUT2D eigenvalue weighted by Gasteiger charge is 2.30. The second kappa shape index (κ2) is 7.05. The van der Waals surface area contributed by atoms with E-state index in [0.29, 0.717) is 0 Å². The average Bonchev–Trinajstić information content (AvgIpc) is 2.48. The Morgan fingerprint density at radius 3 is 1.30 bits per heavy atom. The zero-order valence-corrected chi connectivity index (χ0v) is 15.4. The van der Waals surface area contributed by atoms with Crippen molar-refractivity contribution in [2.75, 3.05) is 0 Å². The van der Waals surface area contributed by atoms with Crippen LogP contribution < -0.4 is 0 Å². The summed E-state index contributed by atoms with van der Waals surface area (Å²) in [4.78, 5) is 0. The van der Waals surface area contributed by atoms with Crippen LogP contribution in [0, 0.1) is 0 Å². The second-order valence-electron chi connectivity index (χ2n) is 6.22. The van der Waals surface area contributed by atoms with Gasteiger partial charge in [-0.1, -0.05) is 87.6 Å². The predicted molar refractivity (Wildman–Crippen MR) is 95.7 cm³/mol. The molecule has 0 aliphatic rings. The maximum absolute atomic E-state index is 2.55. The van der Waals surface area contributed by atoms with Gasteiger partial charge in [0.1, 0.15) is 0 Å². The van der Waals surface area contributed by atoms with Crippen LogP contribution >= 0.6 is 0 Å². The lowest BCUT2D eigenvalue weighted by atomic mass is 10.1.